The number of aromatic nitrogens is 1. The molecule has 0 spiro atoms. The summed E-state index contributed by atoms with van der Waals surface area (Å²) in [6.45, 7) is 0.145. The van der Waals surface area contributed by atoms with E-state index in [-0.39, 0.29) is 24.3 Å². The Labute approximate surface area is 122 Å². The molecule has 0 bridgehead atoms. The zero-order chi connectivity index (χ0) is 14.8. The van der Waals surface area contributed by atoms with Crippen LogP contribution in [0.3, 0.4) is 0 Å². The molecule has 1 aromatic carbocycles. The van der Waals surface area contributed by atoms with E-state index in [2.05, 4.69) is 10.3 Å². The molecule has 1 fully saturated rings. The molecular weight excluding hydrogens is 269 g/mol. The van der Waals surface area contributed by atoms with E-state index in [9.17, 15) is 9.18 Å². The second kappa shape index (κ2) is 5.61. The van der Waals surface area contributed by atoms with Crippen molar-refractivity contribution < 1.29 is 9.18 Å². The van der Waals surface area contributed by atoms with E-state index in [1.807, 2.05) is 12.1 Å². The molecule has 2 atom stereocenters. The van der Waals surface area contributed by atoms with Crippen molar-refractivity contribution in [2.75, 3.05) is 5.32 Å². The molecule has 0 aliphatic heterocycles. The number of anilines is 1. The van der Waals surface area contributed by atoms with Gasteiger partial charge in [-0.2, -0.15) is 0 Å². The van der Waals surface area contributed by atoms with Gasteiger partial charge in [0.15, 0.2) is 0 Å². The topological polar surface area (TPSA) is 68.0 Å². The van der Waals surface area contributed by atoms with Crippen LogP contribution in [-0.2, 0) is 11.3 Å². The number of hydrogen-bond donors (Lipinski definition) is 2. The van der Waals surface area contributed by atoms with Crippen molar-refractivity contribution in [1.82, 2.24) is 4.98 Å². The Morgan fingerprint density at radius 1 is 1.43 bits per heavy atom. The number of amides is 1. The molecular formula is C16H16FN3O. The fourth-order valence-electron chi connectivity index (χ4n) is 2.47. The van der Waals surface area contributed by atoms with Crippen molar-refractivity contribution in [2.45, 2.75) is 18.9 Å². The van der Waals surface area contributed by atoms with Gasteiger partial charge < -0.3 is 11.1 Å². The Bertz CT molecular complexity index is 660. The van der Waals surface area contributed by atoms with Gasteiger partial charge in [-0.3, -0.25) is 9.78 Å². The first-order chi connectivity index (χ1) is 10.2. The summed E-state index contributed by atoms with van der Waals surface area (Å²) in [5, 5.41) is 2.76. The molecule has 3 rings (SSSR count). The third-order valence-corrected chi connectivity index (χ3v) is 3.78. The number of carbonyl (C=O) groups is 1. The summed E-state index contributed by atoms with van der Waals surface area (Å²) in [6.07, 6.45) is 4.30. The molecule has 3 N–H and O–H groups in total. The lowest BCUT2D eigenvalue weighted by Gasteiger charge is -2.07. The third-order valence-electron chi connectivity index (χ3n) is 3.78. The van der Waals surface area contributed by atoms with E-state index in [1.165, 1.54) is 6.07 Å². The summed E-state index contributed by atoms with van der Waals surface area (Å²) in [6, 6.07) is 8.41. The Kier molecular flexibility index (Phi) is 3.66. The molecule has 1 amide bonds. The SMILES string of the molecule is NCc1ccc(NC(=O)[C@H]2C[C@@H]2c2cccnc2)cc1F. The van der Waals surface area contributed by atoms with Crippen LogP contribution in [0.15, 0.2) is 42.7 Å². The van der Waals surface area contributed by atoms with Crippen molar-refractivity contribution in [3.05, 3.63) is 59.7 Å². The zero-order valence-electron chi connectivity index (χ0n) is 11.4. The van der Waals surface area contributed by atoms with Crippen molar-refractivity contribution in [2.24, 2.45) is 11.7 Å². The van der Waals surface area contributed by atoms with E-state index in [0.717, 1.165) is 12.0 Å². The second-order valence-electron chi connectivity index (χ2n) is 5.23. The summed E-state index contributed by atoms with van der Waals surface area (Å²) in [5.74, 6) is -0.322. The van der Waals surface area contributed by atoms with E-state index >= 15 is 0 Å². The lowest BCUT2D eigenvalue weighted by molar-refractivity contribution is -0.117. The number of carbonyl (C=O) groups excluding carboxylic acids is 1. The van der Waals surface area contributed by atoms with Crippen LogP contribution in [0.2, 0.25) is 0 Å². The highest BCUT2D eigenvalue weighted by Crippen LogP contribution is 2.47. The van der Waals surface area contributed by atoms with Gasteiger partial charge in [0.2, 0.25) is 5.91 Å². The number of nitrogens with zero attached hydrogens (tertiary/aromatic N) is 1. The van der Waals surface area contributed by atoms with Gasteiger partial charge >= 0.3 is 0 Å². The van der Waals surface area contributed by atoms with Gasteiger partial charge in [0.25, 0.3) is 0 Å². The van der Waals surface area contributed by atoms with Gasteiger partial charge in [0, 0.05) is 36.1 Å². The lowest BCUT2D eigenvalue weighted by Crippen LogP contribution is -2.15. The number of halogens is 1. The molecule has 108 valence electrons. The average Bonchev–Trinajstić information content (AvgIpc) is 3.29. The second-order valence-corrected chi connectivity index (χ2v) is 5.23. The van der Waals surface area contributed by atoms with Gasteiger partial charge in [-0.15, -0.1) is 0 Å². The monoisotopic (exact) mass is 285 g/mol. The number of nitrogens with two attached hydrogens (primary N) is 1. The molecule has 2 aromatic rings. The van der Waals surface area contributed by atoms with Crippen LogP contribution in [0.1, 0.15) is 23.5 Å². The largest absolute Gasteiger partial charge is 0.326 e. The van der Waals surface area contributed by atoms with E-state index in [4.69, 9.17) is 5.73 Å². The van der Waals surface area contributed by atoms with Gasteiger partial charge in [-0.25, -0.2) is 4.39 Å². The minimum atomic E-state index is -0.394. The lowest BCUT2D eigenvalue weighted by atomic mass is 10.1. The highest BCUT2D eigenvalue weighted by atomic mass is 19.1. The van der Waals surface area contributed by atoms with E-state index in [1.54, 1.807) is 24.5 Å². The molecule has 1 saturated carbocycles. The number of benzene rings is 1. The standard InChI is InChI=1S/C16H16FN3O/c17-15-6-12(4-3-10(15)8-18)20-16(21)14-7-13(14)11-2-1-5-19-9-11/h1-6,9,13-14H,7-8,18H2,(H,20,21)/t13-,14+/m1/s1. The molecule has 1 aliphatic rings. The summed E-state index contributed by atoms with van der Waals surface area (Å²) < 4.78 is 13.6. The molecule has 1 aromatic heterocycles. The van der Waals surface area contributed by atoms with Crippen molar-refractivity contribution >= 4 is 11.6 Å². The van der Waals surface area contributed by atoms with Gasteiger partial charge in [0.1, 0.15) is 5.82 Å². The fraction of sp³-hybridized carbons (Fsp3) is 0.250. The summed E-state index contributed by atoms with van der Waals surface area (Å²) in [7, 11) is 0. The third kappa shape index (κ3) is 2.92. The van der Waals surface area contributed by atoms with Crippen LogP contribution in [0.25, 0.3) is 0 Å². The van der Waals surface area contributed by atoms with Crippen LogP contribution in [0.4, 0.5) is 10.1 Å². The number of nitrogens with one attached hydrogen (secondary N) is 1. The van der Waals surface area contributed by atoms with Gasteiger partial charge in [-0.05, 0) is 36.1 Å². The van der Waals surface area contributed by atoms with Crippen LogP contribution >= 0.6 is 0 Å². The summed E-state index contributed by atoms with van der Waals surface area (Å²) in [5.41, 5.74) is 7.38. The summed E-state index contributed by atoms with van der Waals surface area (Å²) in [4.78, 5) is 16.2. The molecule has 5 heteroatoms. The van der Waals surface area contributed by atoms with E-state index in [0.29, 0.717) is 11.3 Å². The number of hydrogen-bond acceptors (Lipinski definition) is 3. The quantitative estimate of drug-likeness (QED) is 0.906. The van der Waals surface area contributed by atoms with Crippen molar-refractivity contribution in [3.8, 4) is 0 Å². The number of pyridine rings is 1. The predicted molar refractivity (Wildman–Crippen MR) is 78.0 cm³/mol. The molecule has 21 heavy (non-hydrogen) atoms. The smallest absolute Gasteiger partial charge is 0.228 e. The summed E-state index contributed by atoms with van der Waals surface area (Å²) >= 11 is 0. The minimum Gasteiger partial charge on any atom is -0.326 e. The van der Waals surface area contributed by atoms with Crippen LogP contribution in [0.5, 0.6) is 0 Å². The molecule has 1 heterocycles. The Hall–Kier alpha value is -2.27. The Morgan fingerprint density at radius 3 is 2.95 bits per heavy atom. The van der Waals surface area contributed by atoms with Crippen LogP contribution in [0, 0.1) is 11.7 Å². The van der Waals surface area contributed by atoms with E-state index < -0.39 is 5.82 Å². The van der Waals surface area contributed by atoms with Gasteiger partial charge in [0.05, 0.1) is 0 Å². The first-order valence-corrected chi connectivity index (χ1v) is 6.88. The zero-order valence-corrected chi connectivity index (χ0v) is 11.4. The first kappa shape index (κ1) is 13.7. The fourth-order valence-corrected chi connectivity index (χ4v) is 2.47. The molecule has 0 unspecified atom stereocenters. The van der Waals surface area contributed by atoms with Crippen LogP contribution in [-0.4, -0.2) is 10.9 Å². The Balaban J connectivity index is 1.64. The van der Waals surface area contributed by atoms with Gasteiger partial charge in [-0.1, -0.05) is 12.1 Å². The van der Waals surface area contributed by atoms with Crippen molar-refractivity contribution in [1.29, 1.82) is 0 Å². The molecule has 4 nitrogen and oxygen atoms in total. The maximum absolute atomic E-state index is 13.6. The minimum absolute atomic E-state index is 0.0635. The Morgan fingerprint density at radius 2 is 2.29 bits per heavy atom. The average molecular weight is 285 g/mol. The van der Waals surface area contributed by atoms with Crippen molar-refractivity contribution in [3.63, 3.8) is 0 Å². The molecule has 0 radical (unpaired) electrons. The van der Waals surface area contributed by atoms with Crippen LogP contribution < -0.4 is 11.1 Å². The maximum atomic E-state index is 13.6. The molecule has 1 aliphatic carbocycles. The predicted octanol–water partition coefficient (Wildman–Crippen LogP) is 2.42. The highest BCUT2D eigenvalue weighted by Gasteiger charge is 2.44. The highest BCUT2D eigenvalue weighted by molar-refractivity contribution is 5.95. The number of rotatable bonds is 4. The normalized spacial score (nSPS) is 20.1. The molecule has 0 saturated heterocycles. The first-order valence-electron chi connectivity index (χ1n) is 6.88. The maximum Gasteiger partial charge on any atom is 0.228 e.